The van der Waals surface area contributed by atoms with Crippen molar-refractivity contribution in [1.82, 2.24) is 29.8 Å². The van der Waals surface area contributed by atoms with Crippen LogP contribution in [-0.4, -0.2) is 46.7 Å². The van der Waals surface area contributed by atoms with Gasteiger partial charge in [0.2, 0.25) is 5.91 Å². The van der Waals surface area contributed by atoms with Crippen molar-refractivity contribution < 1.29 is 14.7 Å². The minimum Gasteiger partial charge on any atom is -0.477 e. The fourth-order valence-electron chi connectivity index (χ4n) is 3.70. The normalized spacial score (nSPS) is 11.0. The van der Waals surface area contributed by atoms with Gasteiger partial charge in [0.05, 0.1) is 5.69 Å². The molecule has 5 aromatic rings. The summed E-state index contributed by atoms with van der Waals surface area (Å²) >= 11 is 6.17. The van der Waals surface area contributed by atoms with Crippen LogP contribution in [0.3, 0.4) is 0 Å². The molecule has 0 radical (unpaired) electrons. The molecular formula is C23H16ClN7O4. The Morgan fingerprint density at radius 2 is 1.94 bits per heavy atom. The van der Waals surface area contributed by atoms with E-state index in [2.05, 4.69) is 25.8 Å². The molecule has 174 valence electrons. The number of aromatic amines is 1. The first kappa shape index (κ1) is 22.0. The first-order chi connectivity index (χ1) is 16.9. The zero-order chi connectivity index (χ0) is 24.5. The third-order valence-corrected chi connectivity index (χ3v) is 5.55. The van der Waals surface area contributed by atoms with E-state index in [4.69, 9.17) is 16.7 Å². The molecule has 35 heavy (non-hydrogen) atoms. The number of carboxylic acid groups (broad SMARTS) is 1. The van der Waals surface area contributed by atoms with E-state index < -0.39 is 11.9 Å². The van der Waals surface area contributed by atoms with E-state index in [1.165, 1.54) is 33.9 Å². The molecule has 3 heterocycles. The summed E-state index contributed by atoms with van der Waals surface area (Å²) in [7, 11) is 0. The molecule has 0 aliphatic carbocycles. The van der Waals surface area contributed by atoms with Crippen LogP contribution in [0.5, 0.6) is 0 Å². The Morgan fingerprint density at radius 1 is 1.09 bits per heavy atom. The number of hydrogen-bond donors (Lipinski definition) is 3. The number of amides is 1. The first-order valence-corrected chi connectivity index (χ1v) is 10.6. The summed E-state index contributed by atoms with van der Waals surface area (Å²) in [6.45, 7) is -0.208. The molecule has 0 aliphatic heterocycles. The number of anilines is 1. The largest absolute Gasteiger partial charge is 0.477 e. The van der Waals surface area contributed by atoms with Crippen molar-refractivity contribution in [3.63, 3.8) is 0 Å². The van der Waals surface area contributed by atoms with Crippen molar-refractivity contribution in [1.29, 1.82) is 0 Å². The molecule has 0 unspecified atom stereocenters. The van der Waals surface area contributed by atoms with Gasteiger partial charge in [0.15, 0.2) is 0 Å². The van der Waals surface area contributed by atoms with Crippen LogP contribution < -0.4 is 10.9 Å². The maximum atomic E-state index is 12.8. The Balaban J connectivity index is 1.36. The predicted molar refractivity (Wildman–Crippen MR) is 128 cm³/mol. The van der Waals surface area contributed by atoms with E-state index in [0.29, 0.717) is 38.4 Å². The van der Waals surface area contributed by atoms with Gasteiger partial charge >= 0.3 is 5.97 Å². The molecule has 0 atom stereocenters. The highest BCUT2D eigenvalue weighted by Gasteiger charge is 2.13. The number of carboxylic acids is 1. The number of halogens is 1. The molecule has 0 saturated heterocycles. The van der Waals surface area contributed by atoms with Crippen molar-refractivity contribution in [3.05, 3.63) is 88.2 Å². The topological polar surface area (TPSA) is 148 Å². The van der Waals surface area contributed by atoms with Gasteiger partial charge in [-0.1, -0.05) is 11.6 Å². The second-order valence-electron chi connectivity index (χ2n) is 7.64. The van der Waals surface area contributed by atoms with Gasteiger partial charge in [0.25, 0.3) is 5.56 Å². The number of carbonyl (C=O) groups excluding carboxylic acids is 1. The summed E-state index contributed by atoms with van der Waals surface area (Å²) in [4.78, 5) is 39.3. The Morgan fingerprint density at radius 3 is 2.69 bits per heavy atom. The van der Waals surface area contributed by atoms with E-state index in [0.717, 1.165) is 0 Å². The summed E-state index contributed by atoms with van der Waals surface area (Å²) in [6.07, 6.45) is 2.96. The molecule has 1 amide bonds. The van der Waals surface area contributed by atoms with Gasteiger partial charge in [-0.3, -0.25) is 9.59 Å². The molecule has 11 nitrogen and oxygen atoms in total. The number of nitrogens with zero attached hydrogens (tertiary/aromatic N) is 5. The molecule has 2 aromatic carbocycles. The zero-order valence-electron chi connectivity index (χ0n) is 17.8. The molecule has 0 bridgehead atoms. The summed E-state index contributed by atoms with van der Waals surface area (Å²) in [5, 5.41) is 24.1. The van der Waals surface area contributed by atoms with E-state index in [9.17, 15) is 14.4 Å². The number of tetrazole rings is 1. The van der Waals surface area contributed by atoms with Gasteiger partial charge in [0.1, 0.15) is 18.6 Å². The number of benzene rings is 2. The molecule has 3 N–H and O–H groups in total. The van der Waals surface area contributed by atoms with Crippen molar-refractivity contribution in [2.24, 2.45) is 0 Å². The van der Waals surface area contributed by atoms with Gasteiger partial charge in [-0.05, 0) is 64.5 Å². The molecule has 0 aliphatic rings. The van der Waals surface area contributed by atoms with Crippen LogP contribution in [0.1, 0.15) is 10.5 Å². The molecule has 12 heteroatoms. The maximum absolute atomic E-state index is 12.8. The fraction of sp³-hybridized carbons (Fsp3) is 0.0435. The number of aromatic nitrogens is 6. The lowest BCUT2D eigenvalue weighted by Gasteiger charge is -2.11. The molecule has 0 fully saturated rings. The molecule has 0 saturated carbocycles. The average molecular weight is 490 g/mol. The van der Waals surface area contributed by atoms with Crippen LogP contribution in [0.2, 0.25) is 5.02 Å². The number of fused-ring (bicyclic) bond motifs is 1. The number of aromatic carboxylic acids is 1. The third kappa shape index (κ3) is 4.52. The van der Waals surface area contributed by atoms with Gasteiger partial charge < -0.3 is 20.0 Å². The molecule has 3 aromatic heterocycles. The number of H-pyrrole nitrogens is 1. The standard InChI is InChI=1S/C23H16ClN7O4/c24-15-1-4-20(31-12-25-28-29-31)17(10-15)13-5-6-30(22(33)9-13)11-21(32)26-16-2-3-18-14(7-16)8-19(27-18)23(34)35/h1-10,12,27H,11H2,(H,26,32)(H,34,35). The summed E-state index contributed by atoms with van der Waals surface area (Å²) in [5.74, 6) is -1.48. The molecule has 0 spiro atoms. The monoisotopic (exact) mass is 489 g/mol. The van der Waals surface area contributed by atoms with Crippen LogP contribution in [0.15, 0.2) is 71.9 Å². The lowest BCUT2D eigenvalue weighted by Crippen LogP contribution is -2.26. The highest BCUT2D eigenvalue weighted by Crippen LogP contribution is 2.28. The second-order valence-corrected chi connectivity index (χ2v) is 8.07. The van der Waals surface area contributed by atoms with Gasteiger partial charge in [-0.2, -0.15) is 4.68 Å². The van der Waals surface area contributed by atoms with E-state index >= 15 is 0 Å². The highest BCUT2D eigenvalue weighted by atomic mass is 35.5. The number of carbonyl (C=O) groups is 2. The quantitative estimate of drug-likeness (QED) is 0.332. The van der Waals surface area contributed by atoms with E-state index in [1.807, 2.05) is 0 Å². The first-order valence-electron chi connectivity index (χ1n) is 10.3. The smallest absolute Gasteiger partial charge is 0.352 e. The van der Waals surface area contributed by atoms with Crippen molar-refractivity contribution in [3.8, 4) is 16.8 Å². The van der Waals surface area contributed by atoms with Crippen LogP contribution in [-0.2, 0) is 11.3 Å². The summed E-state index contributed by atoms with van der Waals surface area (Å²) in [6, 6.07) is 14.7. The Hall–Kier alpha value is -4.77. The molecular weight excluding hydrogens is 474 g/mol. The predicted octanol–water partition coefficient (Wildman–Crippen LogP) is 2.96. The summed E-state index contributed by atoms with van der Waals surface area (Å²) in [5.41, 5.74) is 2.67. The highest BCUT2D eigenvalue weighted by molar-refractivity contribution is 6.31. The number of nitrogens with one attached hydrogen (secondary N) is 2. The van der Waals surface area contributed by atoms with Crippen molar-refractivity contribution in [2.75, 3.05) is 5.32 Å². The summed E-state index contributed by atoms with van der Waals surface area (Å²) < 4.78 is 2.74. The van der Waals surface area contributed by atoms with Crippen molar-refractivity contribution >= 4 is 40.1 Å². The number of rotatable bonds is 6. The van der Waals surface area contributed by atoms with E-state index in [1.54, 1.807) is 42.5 Å². The minimum atomic E-state index is -1.07. The van der Waals surface area contributed by atoms with Crippen LogP contribution >= 0.6 is 11.6 Å². The lowest BCUT2D eigenvalue weighted by atomic mass is 10.0. The van der Waals surface area contributed by atoms with Crippen LogP contribution in [0, 0.1) is 0 Å². The van der Waals surface area contributed by atoms with Gasteiger partial charge in [-0.25, -0.2) is 4.79 Å². The third-order valence-electron chi connectivity index (χ3n) is 5.31. The number of hydrogen-bond acceptors (Lipinski definition) is 6. The second kappa shape index (κ2) is 8.88. The van der Waals surface area contributed by atoms with Crippen molar-refractivity contribution in [2.45, 2.75) is 6.54 Å². The zero-order valence-corrected chi connectivity index (χ0v) is 18.6. The molecule has 5 rings (SSSR count). The van der Waals surface area contributed by atoms with Crippen LogP contribution in [0.25, 0.3) is 27.7 Å². The maximum Gasteiger partial charge on any atom is 0.352 e. The Labute approximate surface area is 201 Å². The number of pyridine rings is 1. The van der Waals surface area contributed by atoms with E-state index in [-0.39, 0.29) is 17.8 Å². The minimum absolute atomic E-state index is 0.0538. The van der Waals surface area contributed by atoms with Gasteiger partial charge in [-0.15, -0.1) is 5.10 Å². The average Bonchev–Trinajstić information content (AvgIpc) is 3.50. The lowest BCUT2D eigenvalue weighted by molar-refractivity contribution is -0.116. The van der Waals surface area contributed by atoms with Crippen LogP contribution in [0.4, 0.5) is 5.69 Å². The Bertz CT molecular complexity index is 1640. The SMILES string of the molecule is O=C(Cn1ccc(-c2cc(Cl)ccc2-n2cnnn2)cc1=O)Nc1ccc2[nH]c(C(=O)O)cc2c1. The van der Waals surface area contributed by atoms with Gasteiger partial charge in [0, 0.05) is 39.4 Å². The fourth-order valence-corrected chi connectivity index (χ4v) is 3.87. The Kier molecular flexibility index (Phi) is 5.59.